The van der Waals surface area contributed by atoms with Crippen molar-refractivity contribution in [2.24, 2.45) is 11.8 Å². The van der Waals surface area contributed by atoms with Crippen LogP contribution in [0.15, 0.2) is 107 Å². The molecule has 0 bridgehead atoms. The Morgan fingerprint density at radius 1 is 0.762 bits per heavy atom. The minimum absolute atomic E-state index is 0.0622. The molecule has 80 heavy (non-hydrogen) atoms. The maximum Gasteiger partial charge on any atom is 0.338 e. The fourth-order valence-electron chi connectivity index (χ4n) is 9.99. The summed E-state index contributed by atoms with van der Waals surface area (Å²) < 4.78 is 54.3. The third-order valence-corrected chi connectivity index (χ3v) is 16.3. The minimum atomic E-state index is -1.66. The quantitative estimate of drug-likeness (QED) is 0.0158. The van der Waals surface area contributed by atoms with Crippen LogP contribution < -0.4 is 16.6 Å². The number of esters is 3. The van der Waals surface area contributed by atoms with Crippen LogP contribution in [0.1, 0.15) is 142 Å². The Bertz CT molecular complexity index is 2710. The van der Waals surface area contributed by atoms with Gasteiger partial charge < -0.3 is 47.6 Å². The van der Waals surface area contributed by atoms with E-state index in [0.29, 0.717) is 80.5 Å². The smallest absolute Gasteiger partial charge is 0.338 e. The summed E-state index contributed by atoms with van der Waals surface area (Å²) in [5, 5.41) is 3.03. The highest BCUT2D eigenvalue weighted by molar-refractivity contribution is 7.44. The van der Waals surface area contributed by atoms with Crippen LogP contribution in [-0.2, 0) is 42.3 Å². The number of aryl methyl sites for hydroxylation is 1. The molecule has 1 saturated carbocycles. The number of carbonyl (C=O) groups is 4. The molecule has 434 valence electrons. The number of hydrogen-bond acceptors (Lipinski definition) is 15. The van der Waals surface area contributed by atoms with Crippen molar-refractivity contribution in [2.75, 3.05) is 39.5 Å². The summed E-state index contributed by atoms with van der Waals surface area (Å²) in [6.07, 6.45) is 1.77. The van der Waals surface area contributed by atoms with E-state index in [1.807, 2.05) is 13.8 Å². The number of H-pyrrole nitrogens is 1. The van der Waals surface area contributed by atoms with E-state index < -0.39 is 92.4 Å². The third-order valence-electron chi connectivity index (χ3n) is 14.2. The Balaban J connectivity index is 0.993. The summed E-state index contributed by atoms with van der Waals surface area (Å²) in [4.78, 5) is 84.8. The molecule has 6 rings (SSSR count). The van der Waals surface area contributed by atoms with Crippen LogP contribution in [0.5, 0.6) is 0 Å². The summed E-state index contributed by atoms with van der Waals surface area (Å²) in [5.41, 5.74) is 0.269. The van der Waals surface area contributed by atoms with Crippen molar-refractivity contribution in [3.8, 4) is 0 Å². The molecule has 19 nitrogen and oxygen atoms in total. The first-order valence-corrected chi connectivity index (χ1v) is 29.2. The highest BCUT2D eigenvalue weighted by Crippen LogP contribution is 2.51. The van der Waals surface area contributed by atoms with Gasteiger partial charge in [0.25, 0.3) is 14.1 Å². The Kier molecular flexibility index (Phi) is 25.5. The summed E-state index contributed by atoms with van der Waals surface area (Å²) >= 11 is 0. The van der Waals surface area contributed by atoms with Crippen molar-refractivity contribution in [3.63, 3.8) is 0 Å². The van der Waals surface area contributed by atoms with Gasteiger partial charge in [-0.15, -0.1) is 0 Å². The van der Waals surface area contributed by atoms with Crippen LogP contribution >= 0.6 is 8.53 Å². The average molecular weight is 1130 g/mol. The van der Waals surface area contributed by atoms with Gasteiger partial charge in [-0.3, -0.25) is 19.1 Å². The molecule has 2 unspecified atom stereocenters. The lowest BCUT2D eigenvalue weighted by molar-refractivity contribution is -0.150. The predicted molar refractivity (Wildman–Crippen MR) is 302 cm³/mol. The number of nitrogens with zero attached hydrogens (tertiary/aromatic N) is 3. The van der Waals surface area contributed by atoms with Crippen LogP contribution in [-0.4, -0.2) is 126 Å². The van der Waals surface area contributed by atoms with Crippen molar-refractivity contribution in [1.29, 1.82) is 0 Å². The van der Waals surface area contributed by atoms with E-state index in [1.54, 1.807) is 97.9 Å². The maximum absolute atomic E-state index is 13.6. The average Bonchev–Trinajstić information content (AvgIpc) is 3.79. The van der Waals surface area contributed by atoms with Gasteiger partial charge in [0.15, 0.2) is 6.23 Å². The first kappa shape index (κ1) is 63.1. The fraction of sp³-hybridized carbons (Fsp3) is 0.550. The number of rotatable bonds is 31. The zero-order valence-corrected chi connectivity index (χ0v) is 48.1. The molecule has 2 heterocycles. The van der Waals surface area contributed by atoms with Crippen LogP contribution in [0, 0.1) is 25.3 Å². The van der Waals surface area contributed by atoms with Crippen LogP contribution in [0.4, 0.5) is 0 Å². The highest BCUT2D eigenvalue weighted by atomic mass is 31.2. The van der Waals surface area contributed by atoms with Gasteiger partial charge in [-0.25, -0.2) is 30.4 Å². The zero-order valence-electron chi connectivity index (χ0n) is 47.2. The largest absolute Gasteiger partial charge is 0.462 e. The van der Waals surface area contributed by atoms with E-state index in [2.05, 4.69) is 47.5 Å². The second-order valence-corrected chi connectivity index (χ2v) is 22.2. The van der Waals surface area contributed by atoms with Crippen LogP contribution in [0.3, 0.4) is 0 Å². The molecule has 1 aliphatic heterocycles. The predicted octanol–water partition coefficient (Wildman–Crippen LogP) is 9.40. The van der Waals surface area contributed by atoms with Gasteiger partial charge in [-0.05, 0) is 110 Å². The number of amides is 1. The second kappa shape index (κ2) is 32.4. The second-order valence-electron chi connectivity index (χ2n) is 20.8. The molecule has 0 spiro atoms. The number of ether oxygens (including phenoxy) is 6. The molecular formula is C60H80N5O14P. The molecule has 20 heteroatoms. The van der Waals surface area contributed by atoms with E-state index in [4.69, 9.17) is 44.0 Å². The SMILES string of the molecule is [C-]#[N+]CCOP(OC1[C@@H](CC)O[C@@H](n2cc(C)c(=O)[nH]c2=O)[C@H]1OCCCCCCNC(=O)CCCCO[C@@H]1C[C@H](COC(=O)c2ccccc2)[C@H](OC(=O)c2ccccc2)[C@H](OC(=O)c2ccccc2)[C@H]1C)N(C(C)C)C(C)C. The van der Waals surface area contributed by atoms with Gasteiger partial charge in [0.2, 0.25) is 12.5 Å². The van der Waals surface area contributed by atoms with Crippen LogP contribution in [0.2, 0.25) is 0 Å². The van der Waals surface area contributed by atoms with E-state index >= 15 is 0 Å². The number of unbranched alkanes of at least 4 members (excludes halogenated alkanes) is 4. The monoisotopic (exact) mass is 1130 g/mol. The first-order chi connectivity index (χ1) is 38.6. The maximum atomic E-state index is 13.6. The zero-order chi connectivity index (χ0) is 57.6. The van der Waals surface area contributed by atoms with Gasteiger partial charge in [-0.2, -0.15) is 0 Å². The number of aromatic amines is 1. The van der Waals surface area contributed by atoms with Gasteiger partial charge in [0.05, 0.1) is 35.5 Å². The molecular weight excluding hydrogens is 1050 g/mol. The lowest BCUT2D eigenvalue weighted by Gasteiger charge is -2.44. The molecule has 0 radical (unpaired) electrons. The van der Waals surface area contributed by atoms with Crippen molar-refractivity contribution in [2.45, 2.75) is 161 Å². The van der Waals surface area contributed by atoms with Gasteiger partial charge in [0.1, 0.15) is 31.0 Å². The molecule has 10 atom stereocenters. The molecule has 3 aromatic carbocycles. The summed E-state index contributed by atoms with van der Waals surface area (Å²) in [6, 6.07) is 25.8. The van der Waals surface area contributed by atoms with Gasteiger partial charge in [-0.1, -0.05) is 81.3 Å². The van der Waals surface area contributed by atoms with Crippen LogP contribution in [0.25, 0.3) is 4.85 Å². The van der Waals surface area contributed by atoms with Crippen molar-refractivity contribution >= 4 is 32.3 Å². The molecule has 1 amide bonds. The molecule has 1 saturated heterocycles. The molecule has 1 aromatic heterocycles. The van der Waals surface area contributed by atoms with Crippen molar-refractivity contribution in [3.05, 3.63) is 152 Å². The highest BCUT2D eigenvalue weighted by Gasteiger charge is 2.50. The fourth-order valence-corrected chi connectivity index (χ4v) is 11.8. The topological polar surface area (TPSA) is 217 Å². The van der Waals surface area contributed by atoms with E-state index in [-0.39, 0.29) is 37.7 Å². The summed E-state index contributed by atoms with van der Waals surface area (Å²) in [5.74, 6) is -2.85. The number of benzene rings is 3. The molecule has 2 N–H and O–H groups in total. The lowest BCUT2D eigenvalue weighted by Crippen LogP contribution is -2.54. The minimum Gasteiger partial charge on any atom is -0.462 e. The molecule has 1 aliphatic carbocycles. The Morgan fingerprint density at radius 2 is 1.34 bits per heavy atom. The molecule has 2 aliphatic rings. The van der Waals surface area contributed by atoms with Gasteiger partial charge in [0, 0.05) is 61.9 Å². The number of hydrogen-bond donors (Lipinski definition) is 2. The Labute approximate surface area is 471 Å². The summed E-state index contributed by atoms with van der Waals surface area (Å²) in [6.45, 7) is 22.4. The van der Waals surface area contributed by atoms with E-state index in [1.165, 1.54) is 10.8 Å². The third kappa shape index (κ3) is 18.2. The molecule has 4 aromatic rings. The molecule has 2 fully saturated rings. The standard InChI is InChI=1S/C60H80N5O14P/c1-9-48-53(79-80(75-36-33-61-8)65(40(2)3)41(4)5)54(56(76-48)64-38-42(6)55(67)63-60(64)71)73-35-23-11-10-22-32-62-50(66)31-21-24-34-72-49-37-47(39-74-57(68)44-25-15-12-16-26-44)52(78-59(70)46-29-19-14-20-30-46)51(43(49)7)77-58(69)45-27-17-13-18-28-45/h12-20,25-30,38,40-41,43,47-49,51-54,56H,9-11,21-24,31-37,39H2,1-7H3,(H,62,66)(H,63,67,71)/t43-,47+,48+,49+,51+,52-,53?,54-,56+,80?/m0/s1. The summed E-state index contributed by atoms with van der Waals surface area (Å²) in [7, 11) is -1.66. The van der Waals surface area contributed by atoms with E-state index in [0.717, 1.165) is 19.3 Å². The Hall–Kier alpha value is -6.10. The van der Waals surface area contributed by atoms with E-state index in [9.17, 15) is 28.8 Å². The number of aromatic nitrogens is 2. The van der Waals surface area contributed by atoms with Crippen molar-refractivity contribution in [1.82, 2.24) is 19.5 Å². The Morgan fingerprint density at radius 3 is 1.94 bits per heavy atom. The number of carbonyl (C=O) groups excluding carboxylic acids is 4. The number of nitrogens with one attached hydrogen (secondary N) is 2. The normalized spacial score (nSPS) is 22.2. The van der Waals surface area contributed by atoms with Crippen molar-refractivity contribution < 1.29 is 56.6 Å². The van der Waals surface area contributed by atoms with Gasteiger partial charge >= 0.3 is 23.6 Å². The lowest BCUT2D eigenvalue weighted by atomic mass is 9.76. The first-order valence-electron chi connectivity index (χ1n) is 28.0.